The van der Waals surface area contributed by atoms with Gasteiger partial charge >= 0.3 is 0 Å². The summed E-state index contributed by atoms with van der Waals surface area (Å²) in [6.45, 7) is 4.21. The number of tetrazole rings is 1. The van der Waals surface area contributed by atoms with Gasteiger partial charge in [0.05, 0.1) is 12.0 Å². The van der Waals surface area contributed by atoms with E-state index >= 15 is 0 Å². The Hall–Kier alpha value is -1.50. The van der Waals surface area contributed by atoms with Gasteiger partial charge in [-0.1, -0.05) is 18.6 Å². The topological polar surface area (TPSA) is 95.6 Å². The van der Waals surface area contributed by atoms with Gasteiger partial charge in [0.15, 0.2) is 5.82 Å². The molecule has 7 heteroatoms. The molecule has 0 bridgehead atoms. The number of nitrogens with one attached hydrogen (secondary N) is 3. The number of carbonyl (C=O) groups excluding carboxylic acids is 1. The summed E-state index contributed by atoms with van der Waals surface area (Å²) in [5.74, 6) is 0.611. The summed E-state index contributed by atoms with van der Waals surface area (Å²) < 4.78 is 0. The zero-order valence-electron chi connectivity index (χ0n) is 10.7. The summed E-state index contributed by atoms with van der Waals surface area (Å²) in [5, 5.41) is 19.7. The molecule has 3 N–H and O–H groups in total. The van der Waals surface area contributed by atoms with Crippen molar-refractivity contribution in [2.45, 2.75) is 39.2 Å². The van der Waals surface area contributed by atoms with E-state index < -0.39 is 0 Å². The van der Waals surface area contributed by atoms with Crippen LogP contribution in [0.15, 0.2) is 0 Å². The second kappa shape index (κ2) is 5.90. The molecule has 0 saturated carbocycles. The zero-order valence-corrected chi connectivity index (χ0v) is 10.7. The van der Waals surface area contributed by atoms with Crippen LogP contribution in [-0.4, -0.2) is 39.6 Å². The van der Waals surface area contributed by atoms with E-state index in [1.165, 1.54) is 0 Å². The lowest BCUT2D eigenvalue weighted by atomic mass is 9.76. The average Bonchev–Trinajstić information content (AvgIpc) is 2.90. The lowest BCUT2D eigenvalue weighted by Crippen LogP contribution is -2.50. The van der Waals surface area contributed by atoms with Crippen molar-refractivity contribution in [1.29, 1.82) is 0 Å². The highest BCUT2D eigenvalue weighted by molar-refractivity contribution is 5.82. The molecule has 1 atom stereocenters. The van der Waals surface area contributed by atoms with E-state index in [0.717, 1.165) is 38.8 Å². The van der Waals surface area contributed by atoms with Gasteiger partial charge in [-0.15, -0.1) is 10.2 Å². The third-order valence-electron chi connectivity index (χ3n) is 3.48. The van der Waals surface area contributed by atoms with E-state index in [1.54, 1.807) is 0 Å². The molecule has 1 unspecified atom stereocenters. The number of rotatable bonds is 5. The Labute approximate surface area is 106 Å². The van der Waals surface area contributed by atoms with E-state index in [1.807, 2.05) is 0 Å². The number of carbonyl (C=O) groups is 1. The summed E-state index contributed by atoms with van der Waals surface area (Å²) in [5.41, 5.74) is -0.267. The minimum atomic E-state index is -0.267. The number of nitrogens with zero attached hydrogens (tertiary/aromatic N) is 3. The second-order valence-electron chi connectivity index (χ2n) is 4.82. The van der Waals surface area contributed by atoms with Crippen molar-refractivity contribution in [3.63, 3.8) is 0 Å². The molecule has 100 valence electrons. The van der Waals surface area contributed by atoms with Crippen LogP contribution in [0.5, 0.6) is 0 Å². The quantitative estimate of drug-likeness (QED) is 0.685. The summed E-state index contributed by atoms with van der Waals surface area (Å²) in [6, 6.07) is 0. The Balaban J connectivity index is 1.95. The number of hydrogen-bond donors (Lipinski definition) is 3. The Bertz CT molecular complexity index is 365. The van der Waals surface area contributed by atoms with Crippen molar-refractivity contribution < 1.29 is 4.79 Å². The molecule has 1 aliphatic heterocycles. The first-order valence-corrected chi connectivity index (χ1v) is 6.48. The monoisotopic (exact) mass is 252 g/mol. The van der Waals surface area contributed by atoms with Gasteiger partial charge in [0.25, 0.3) is 0 Å². The van der Waals surface area contributed by atoms with Crippen LogP contribution in [0, 0.1) is 5.41 Å². The molecule has 18 heavy (non-hydrogen) atoms. The normalized spacial score (nSPS) is 23.8. The molecule has 7 nitrogen and oxygen atoms in total. The number of aromatic amines is 1. The fourth-order valence-electron chi connectivity index (χ4n) is 2.57. The van der Waals surface area contributed by atoms with Crippen LogP contribution >= 0.6 is 0 Å². The van der Waals surface area contributed by atoms with Crippen molar-refractivity contribution in [2.75, 3.05) is 13.1 Å². The maximum absolute atomic E-state index is 12.4. The van der Waals surface area contributed by atoms with Crippen LogP contribution in [-0.2, 0) is 11.3 Å². The molecule has 1 aromatic heterocycles. The van der Waals surface area contributed by atoms with E-state index in [2.05, 4.69) is 38.2 Å². The second-order valence-corrected chi connectivity index (χ2v) is 4.82. The molecular formula is C11H20N6O. The van der Waals surface area contributed by atoms with Gasteiger partial charge in [-0.05, 0) is 25.8 Å². The number of aromatic nitrogens is 4. The SMILES string of the molecule is CCCC1(C(=O)NCc2nn[nH]n2)CCCNC1. The van der Waals surface area contributed by atoms with Crippen molar-refractivity contribution in [3.8, 4) is 0 Å². The average molecular weight is 252 g/mol. The Morgan fingerprint density at radius 2 is 2.44 bits per heavy atom. The summed E-state index contributed by atoms with van der Waals surface area (Å²) in [4.78, 5) is 12.4. The number of H-pyrrole nitrogens is 1. The Kier molecular flexibility index (Phi) is 4.24. The molecule has 1 fully saturated rings. The van der Waals surface area contributed by atoms with Gasteiger partial charge in [0.2, 0.25) is 5.91 Å². The molecule has 0 aromatic carbocycles. The number of amides is 1. The molecule has 1 amide bonds. The molecule has 2 heterocycles. The van der Waals surface area contributed by atoms with Gasteiger partial charge in [0.1, 0.15) is 0 Å². The maximum Gasteiger partial charge on any atom is 0.227 e. The van der Waals surface area contributed by atoms with Crippen molar-refractivity contribution >= 4 is 5.91 Å². The third kappa shape index (κ3) is 2.84. The minimum Gasteiger partial charge on any atom is -0.348 e. The summed E-state index contributed by atoms with van der Waals surface area (Å²) in [6.07, 6.45) is 3.93. The van der Waals surface area contributed by atoms with Crippen LogP contribution in [0.2, 0.25) is 0 Å². The molecule has 0 aliphatic carbocycles. The fraction of sp³-hybridized carbons (Fsp3) is 0.818. The largest absolute Gasteiger partial charge is 0.348 e. The van der Waals surface area contributed by atoms with Gasteiger partial charge in [-0.2, -0.15) is 5.21 Å². The zero-order chi connectivity index (χ0) is 12.8. The standard InChI is InChI=1S/C11H20N6O/c1-2-4-11(5-3-6-12-8-11)10(18)13-7-9-14-16-17-15-9/h12H,2-8H2,1H3,(H,13,18)(H,14,15,16,17). The lowest BCUT2D eigenvalue weighted by molar-refractivity contribution is -0.132. The molecule has 1 saturated heterocycles. The third-order valence-corrected chi connectivity index (χ3v) is 3.48. The van der Waals surface area contributed by atoms with Crippen LogP contribution in [0.1, 0.15) is 38.4 Å². The first kappa shape index (κ1) is 12.9. The van der Waals surface area contributed by atoms with E-state index in [0.29, 0.717) is 12.4 Å². The first-order valence-electron chi connectivity index (χ1n) is 6.48. The maximum atomic E-state index is 12.4. The van der Waals surface area contributed by atoms with Gasteiger partial charge in [-0.25, -0.2) is 0 Å². The number of hydrogen-bond acceptors (Lipinski definition) is 5. The molecule has 1 aromatic rings. The Morgan fingerprint density at radius 1 is 1.56 bits per heavy atom. The summed E-state index contributed by atoms with van der Waals surface area (Å²) in [7, 11) is 0. The van der Waals surface area contributed by atoms with Crippen LogP contribution < -0.4 is 10.6 Å². The Morgan fingerprint density at radius 3 is 3.06 bits per heavy atom. The highest BCUT2D eigenvalue weighted by atomic mass is 16.2. The highest BCUT2D eigenvalue weighted by Gasteiger charge is 2.38. The van der Waals surface area contributed by atoms with Gasteiger partial charge in [0, 0.05) is 6.54 Å². The van der Waals surface area contributed by atoms with E-state index in [-0.39, 0.29) is 11.3 Å². The smallest absolute Gasteiger partial charge is 0.227 e. The fourth-order valence-corrected chi connectivity index (χ4v) is 2.57. The molecule has 1 aliphatic rings. The molecule has 2 rings (SSSR count). The van der Waals surface area contributed by atoms with Crippen LogP contribution in [0.25, 0.3) is 0 Å². The first-order chi connectivity index (χ1) is 8.77. The summed E-state index contributed by atoms with van der Waals surface area (Å²) >= 11 is 0. The molecule has 0 spiro atoms. The molecular weight excluding hydrogens is 232 g/mol. The minimum absolute atomic E-state index is 0.0985. The lowest BCUT2D eigenvalue weighted by Gasteiger charge is -2.36. The molecule has 0 radical (unpaired) electrons. The predicted molar refractivity (Wildman–Crippen MR) is 65.5 cm³/mol. The van der Waals surface area contributed by atoms with E-state index in [9.17, 15) is 4.79 Å². The van der Waals surface area contributed by atoms with Crippen molar-refractivity contribution in [3.05, 3.63) is 5.82 Å². The van der Waals surface area contributed by atoms with E-state index in [4.69, 9.17) is 0 Å². The van der Waals surface area contributed by atoms with Gasteiger partial charge < -0.3 is 10.6 Å². The van der Waals surface area contributed by atoms with Crippen molar-refractivity contribution in [1.82, 2.24) is 31.3 Å². The van der Waals surface area contributed by atoms with Crippen LogP contribution in [0.3, 0.4) is 0 Å². The predicted octanol–water partition coefficient (Wildman–Crippen LogP) is -0.0142. The van der Waals surface area contributed by atoms with Crippen molar-refractivity contribution in [2.24, 2.45) is 5.41 Å². The van der Waals surface area contributed by atoms with Gasteiger partial charge in [-0.3, -0.25) is 4.79 Å². The highest BCUT2D eigenvalue weighted by Crippen LogP contribution is 2.31. The van der Waals surface area contributed by atoms with Crippen LogP contribution in [0.4, 0.5) is 0 Å². The number of piperidine rings is 1.